The Bertz CT molecular complexity index is 247. The van der Waals surface area contributed by atoms with E-state index >= 15 is 0 Å². The molecular weight excluding hydrogens is 302 g/mol. The van der Waals surface area contributed by atoms with Crippen LogP contribution in [-0.2, 0) is 4.79 Å². The van der Waals surface area contributed by atoms with Crippen LogP contribution in [0.3, 0.4) is 0 Å². The van der Waals surface area contributed by atoms with Crippen molar-refractivity contribution in [1.82, 2.24) is 5.32 Å². The van der Waals surface area contributed by atoms with Gasteiger partial charge in [0.1, 0.15) is 0 Å². The normalized spacial score (nSPS) is 18.5. The van der Waals surface area contributed by atoms with Crippen molar-refractivity contribution in [2.45, 2.75) is 76.5 Å². The minimum Gasteiger partial charge on any atom is -0.355 e. The Morgan fingerprint density at radius 1 is 1.21 bits per heavy atom. The van der Waals surface area contributed by atoms with E-state index in [2.05, 4.69) is 35.1 Å². The Balaban J connectivity index is 2.13. The summed E-state index contributed by atoms with van der Waals surface area (Å²) in [6, 6.07) is 0. The van der Waals surface area contributed by atoms with Crippen LogP contribution >= 0.6 is 15.9 Å². The zero-order valence-electron chi connectivity index (χ0n) is 12.6. The number of amides is 1. The van der Waals surface area contributed by atoms with Gasteiger partial charge >= 0.3 is 0 Å². The largest absolute Gasteiger partial charge is 0.355 e. The third kappa shape index (κ3) is 6.78. The number of hydrogen-bond donors (Lipinski definition) is 1. The van der Waals surface area contributed by atoms with Gasteiger partial charge in [0.2, 0.25) is 5.91 Å². The van der Waals surface area contributed by atoms with E-state index in [0.717, 1.165) is 18.9 Å². The third-order valence-electron chi connectivity index (χ3n) is 4.56. The summed E-state index contributed by atoms with van der Waals surface area (Å²) >= 11 is 3.71. The molecule has 1 aliphatic carbocycles. The molecule has 1 amide bonds. The van der Waals surface area contributed by atoms with E-state index < -0.39 is 0 Å². The summed E-state index contributed by atoms with van der Waals surface area (Å²) < 4.78 is 0. The van der Waals surface area contributed by atoms with Crippen molar-refractivity contribution in [3.8, 4) is 0 Å². The molecular formula is C16H30BrNO. The molecule has 3 heteroatoms. The van der Waals surface area contributed by atoms with E-state index in [1.54, 1.807) is 0 Å². The van der Waals surface area contributed by atoms with Crippen LogP contribution in [-0.4, -0.2) is 17.3 Å². The fourth-order valence-electron chi connectivity index (χ4n) is 3.08. The van der Waals surface area contributed by atoms with Crippen molar-refractivity contribution in [2.24, 2.45) is 11.8 Å². The van der Waals surface area contributed by atoms with E-state index in [1.807, 2.05) is 0 Å². The van der Waals surface area contributed by atoms with Crippen molar-refractivity contribution >= 4 is 21.8 Å². The number of alkyl halides is 1. The number of carbonyl (C=O) groups excluding carboxylic acids is 1. The van der Waals surface area contributed by atoms with Crippen molar-refractivity contribution < 1.29 is 4.79 Å². The lowest BCUT2D eigenvalue weighted by Gasteiger charge is -2.22. The fraction of sp³-hybridized carbons (Fsp3) is 0.938. The number of rotatable bonds is 8. The van der Waals surface area contributed by atoms with Crippen LogP contribution in [0.25, 0.3) is 0 Å². The average Bonchev–Trinajstić information content (AvgIpc) is 2.45. The summed E-state index contributed by atoms with van der Waals surface area (Å²) in [7, 11) is 0. The molecule has 0 saturated heterocycles. The molecule has 0 aromatic rings. The molecule has 1 N–H and O–H groups in total. The molecule has 0 aromatic heterocycles. The van der Waals surface area contributed by atoms with Gasteiger partial charge in [-0.3, -0.25) is 4.79 Å². The second-order valence-electron chi connectivity index (χ2n) is 5.94. The quantitative estimate of drug-likeness (QED) is 0.643. The van der Waals surface area contributed by atoms with Crippen molar-refractivity contribution in [2.75, 3.05) is 6.54 Å². The van der Waals surface area contributed by atoms with Gasteiger partial charge in [-0.25, -0.2) is 0 Å². The van der Waals surface area contributed by atoms with E-state index in [4.69, 9.17) is 0 Å². The van der Waals surface area contributed by atoms with Crippen LogP contribution < -0.4 is 5.32 Å². The number of nitrogens with one attached hydrogen (secondary N) is 1. The molecule has 1 atom stereocenters. The highest BCUT2D eigenvalue weighted by molar-refractivity contribution is 9.09. The Morgan fingerprint density at radius 2 is 1.84 bits per heavy atom. The first-order valence-corrected chi connectivity index (χ1v) is 8.99. The molecule has 1 rings (SSSR count). The van der Waals surface area contributed by atoms with Crippen molar-refractivity contribution in [3.05, 3.63) is 0 Å². The van der Waals surface area contributed by atoms with E-state index in [1.165, 1.54) is 44.9 Å². The SMILES string of the molecule is CCC(CC)C(Br)CNC(=O)CCC1CCCCC1. The Kier molecular flexibility index (Phi) is 8.76. The first-order chi connectivity index (χ1) is 9.17. The predicted molar refractivity (Wildman–Crippen MR) is 85.6 cm³/mol. The smallest absolute Gasteiger partial charge is 0.220 e. The maximum Gasteiger partial charge on any atom is 0.220 e. The van der Waals surface area contributed by atoms with Gasteiger partial charge < -0.3 is 5.32 Å². The molecule has 1 aliphatic rings. The Morgan fingerprint density at radius 3 is 2.42 bits per heavy atom. The maximum atomic E-state index is 11.9. The zero-order chi connectivity index (χ0) is 14.1. The summed E-state index contributed by atoms with van der Waals surface area (Å²) in [5.74, 6) is 1.71. The molecule has 1 fully saturated rings. The lowest BCUT2D eigenvalue weighted by atomic mass is 9.86. The van der Waals surface area contributed by atoms with Crippen LogP contribution in [0.5, 0.6) is 0 Å². The number of carbonyl (C=O) groups is 1. The molecule has 0 aromatic carbocycles. The lowest BCUT2D eigenvalue weighted by Crippen LogP contribution is -2.33. The van der Waals surface area contributed by atoms with Gasteiger partial charge in [0.05, 0.1) is 0 Å². The molecule has 0 aliphatic heterocycles. The molecule has 0 bridgehead atoms. The van der Waals surface area contributed by atoms with Gasteiger partial charge in [-0.1, -0.05) is 74.7 Å². The van der Waals surface area contributed by atoms with Crippen LogP contribution in [0, 0.1) is 11.8 Å². The third-order valence-corrected chi connectivity index (χ3v) is 5.63. The second kappa shape index (κ2) is 9.79. The summed E-state index contributed by atoms with van der Waals surface area (Å²) in [5.41, 5.74) is 0. The summed E-state index contributed by atoms with van der Waals surface area (Å²) in [5, 5.41) is 3.09. The van der Waals surface area contributed by atoms with Gasteiger partial charge in [0, 0.05) is 17.8 Å². The van der Waals surface area contributed by atoms with Gasteiger partial charge in [0.15, 0.2) is 0 Å². The van der Waals surface area contributed by atoms with Gasteiger partial charge in [-0.2, -0.15) is 0 Å². The molecule has 0 spiro atoms. The molecule has 112 valence electrons. The number of halogens is 1. The predicted octanol–water partition coefficient (Wildman–Crippen LogP) is 4.66. The topological polar surface area (TPSA) is 29.1 Å². The van der Waals surface area contributed by atoms with E-state index in [0.29, 0.717) is 17.2 Å². The van der Waals surface area contributed by atoms with Gasteiger partial charge in [-0.05, 0) is 18.3 Å². The van der Waals surface area contributed by atoms with Crippen molar-refractivity contribution in [3.63, 3.8) is 0 Å². The second-order valence-corrected chi connectivity index (χ2v) is 7.12. The maximum absolute atomic E-state index is 11.9. The standard InChI is InChI=1S/C16H30BrNO/c1-3-14(4-2)15(17)12-18-16(19)11-10-13-8-6-5-7-9-13/h13-15H,3-12H2,1-2H3,(H,18,19). The molecule has 2 nitrogen and oxygen atoms in total. The first-order valence-electron chi connectivity index (χ1n) is 8.08. The van der Waals surface area contributed by atoms with Crippen LogP contribution in [0.1, 0.15) is 71.6 Å². The molecule has 0 heterocycles. The highest BCUT2D eigenvalue weighted by Crippen LogP contribution is 2.27. The van der Waals surface area contributed by atoms with Gasteiger partial charge in [-0.15, -0.1) is 0 Å². The lowest BCUT2D eigenvalue weighted by molar-refractivity contribution is -0.121. The van der Waals surface area contributed by atoms with Crippen molar-refractivity contribution in [1.29, 1.82) is 0 Å². The highest BCUT2D eigenvalue weighted by atomic mass is 79.9. The van der Waals surface area contributed by atoms with Gasteiger partial charge in [0.25, 0.3) is 0 Å². The molecule has 19 heavy (non-hydrogen) atoms. The highest BCUT2D eigenvalue weighted by Gasteiger charge is 2.17. The molecule has 1 saturated carbocycles. The molecule has 1 unspecified atom stereocenters. The fourth-order valence-corrected chi connectivity index (χ4v) is 3.99. The Labute approximate surface area is 127 Å². The summed E-state index contributed by atoms with van der Waals surface area (Å²) in [4.78, 5) is 12.3. The van der Waals surface area contributed by atoms with Crippen LogP contribution in [0.15, 0.2) is 0 Å². The Hall–Kier alpha value is -0.0500. The zero-order valence-corrected chi connectivity index (χ0v) is 14.2. The summed E-state index contributed by atoms with van der Waals surface area (Å²) in [6.07, 6.45) is 10.9. The minimum absolute atomic E-state index is 0.237. The van der Waals surface area contributed by atoms with E-state index in [-0.39, 0.29) is 5.91 Å². The van der Waals surface area contributed by atoms with Crippen LogP contribution in [0.2, 0.25) is 0 Å². The average molecular weight is 332 g/mol. The molecule has 0 radical (unpaired) electrons. The summed E-state index contributed by atoms with van der Waals surface area (Å²) in [6.45, 7) is 5.20. The number of hydrogen-bond acceptors (Lipinski definition) is 1. The van der Waals surface area contributed by atoms with Crippen LogP contribution in [0.4, 0.5) is 0 Å². The monoisotopic (exact) mass is 331 g/mol. The minimum atomic E-state index is 0.237. The first kappa shape index (κ1) is 17.0. The van der Waals surface area contributed by atoms with E-state index in [9.17, 15) is 4.79 Å².